The number of hydrogen-bond donors (Lipinski definition) is 1. The first-order valence-corrected chi connectivity index (χ1v) is 34.2. The van der Waals surface area contributed by atoms with Gasteiger partial charge in [-0.15, -0.1) is 0 Å². The molecule has 12 aromatic carbocycles. The summed E-state index contributed by atoms with van der Waals surface area (Å²) in [6, 6.07) is 91.7. The fourth-order valence-corrected chi connectivity index (χ4v) is 12.0. The highest BCUT2D eigenvalue weighted by atomic mass is 16.5. The van der Waals surface area contributed by atoms with Gasteiger partial charge in [0.15, 0.2) is 23.0 Å². The average molecular weight is 1400 g/mol. The summed E-state index contributed by atoms with van der Waals surface area (Å²) >= 11 is 0. The normalized spacial score (nSPS) is 11.1. The molecule has 1 N–H and O–H groups in total. The molecule has 0 saturated carbocycles. The lowest BCUT2D eigenvalue weighted by Crippen LogP contribution is -2.00. The summed E-state index contributed by atoms with van der Waals surface area (Å²) in [5.41, 5.74) is 21.9. The number of rotatable bonds is 17. The minimum atomic E-state index is -0.328. The number of benzene rings is 12. The van der Waals surface area contributed by atoms with Crippen molar-refractivity contribution in [3.8, 4) is 57.6 Å². The van der Waals surface area contributed by atoms with Gasteiger partial charge in [-0.05, 0) is 190 Å². The van der Waals surface area contributed by atoms with E-state index in [9.17, 15) is 9.90 Å². The number of nitriles is 1. The molecule has 0 amide bonds. The summed E-state index contributed by atoms with van der Waals surface area (Å²) < 4.78 is 34.1. The van der Waals surface area contributed by atoms with Crippen molar-refractivity contribution in [2.45, 2.75) is 0 Å². The lowest BCUT2D eigenvalue weighted by atomic mass is 10.1. The molecule has 0 fully saturated rings. The Morgan fingerprint density at radius 2 is 0.636 bits per heavy atom. The molecule has 4 aromatic heterocycles. The largest absolute Gasteiger partial charge is 0.504 e. The van der Waals surface area contributed by atoms with E-state index >= 15 is 0 Å². The summed E-state index contributed by atoms with van der Waals surface area (Å²) in [6.45, 7) is 0. The van der Waals surface area contributed by atoms with E-state index < -0.39 is 0 Å². The van der Waals surface area contributed by atoms with Crippen LogP contribution in [0.5, 0.6) is 28.7 Å². The number of phenols is 1. The maximum atomic E-state index is 11.5. The third kappa shape index (κ3) is 17.2. The van der Waals surface area contributed by atoms with E-state index in [1.54, 1.807) is 58.8 Å². The molecule has 4 heterocycles. The molecule has 16 heteroatoms. The zero-order valence-electron chi connectivity index (χ0n) is 59.3. The lowest BCUT2D eigenvalue weighted by molar-refractivity contribution is 0.0600. The number of fused-ring (bicyclic) bond motifs is 4. The highest BCUT2D eigenvalue weighted by Crippen LogP contribution is 2.31. The number of aromatic nitrogens is 8. The average Bonchev–Trinajstić information content (AvgIpc) is 1.69. The maximum absolute atomic E-state index is 11.5. The number of ether oxygens (including phenoxy) is 5. The minimum Gasteiger partial charge on any atom is -0.504 e. The van der Waals surface area contributed by atoms with E-state index in [1.807, 2.05) is 195 Å². The van der Waals surface area contributed by atoms with Crippen molar-refractivity contribution in [2.75, 3.05) is 35.5 Å². The second-order valence-electron chi connectivity index (χ2n) is 24.4. The van der Waals surface area contributed by atoms with Crippen LogP contribution in [0.3, 0.4) is 0 Å². The number of phenolic OH excluding ortho intramolecular Hbond substituents is 1. The molecule has 0 aliphatic heterocycles. The van der Waals surface area contributed by atoms with Gasteiger partial charge in [0.1, 0.15) is 37.1 Å². The van der Waals surface area contributed by atoms with Gasteiger partial charge in [-0.1, -0.05) is 176 Å². The van der Waals surface area contributed by atoms with Gasteiger partial charge in [-0.25, -0.2) is 24.7 Å². The number of esters is 1. The number of imidazole rings is 4. The molecular formula is C91H73N9O7. The third-order valence-corrected chi connectivity index (χ3v) is 17.6. The topological polar surface area (TPSA) is 179 Å². The number of aromatic hydroxyl groups is 1. The van der Waals surface area contributed by atoms with Gasteiger partial charge < -0.3 is 28.8 Å². The van der Waals surface area contributed by atoms with Crippen LogP contribution in [0.25, 0.3) is 115 Å². The lowest BCUT2D eigenvalue weighted by Gasteiger charge is -2.08. The SMILES string of the molecule is COC(=O)c1ccc(/C=C/c2cccc(-n3cnc4ccccc43)c2)cc1.COc1cc(/C=C/c2cccc(-n3cnc4ccccc43)c2)ccc1C#N.COc1cc(/C=C/c2cccc(-n3cnc4ccccc43)c2)ccc1O.COc1ccc(/C=C/c2cccc(-n3cnc4ccccc43)c2)cc1OC. The molecule has 16 rings (SSSR count). The van der Waals surface area contributed by atoms with E-state index in [4.69, 9.17) is 28.9 Å². The molecule has 107 heavy (non-hydrogen) atoms. The van der Waals surface area contributed by atoms with Crippen LogP contribution in [0.4, 0.5) is 0 Å². The Kier molecular flexibility index (Phi) is 22.5. The van der Waals surface area contributed by atoms with Crippen molar-refractivity contribution in [1.82, 2.24) is 38.2 Å². The van der Waals surface area contributed by atoms with E-state index in [0.29, 0.717) is 22.6 Å². The van der Waals surface area contributed by atoms with Crippen molar-refractivity contribution in [2.24, 2.45) is 0 Å². The number of nitrogens with zero attached hydrogens (tertiary/aromatic N) is 9. The van der Waals surface area contributed by atoms with Crippen molar-refractivity contribution >= 4 is 98.7 Å². The fourth-order valence-electron chi connectivity index (χ4n) is 12.0. The molecular weight excluding hydrogens is 1330 g/mol. The number of methoxy groups -OCH3 is 5. The van der Waals surface area contributed by atoms with Crippen LogP contribution in [0.1, 0.15) is 60.4 Å². The van der Waals surface area contributed by atoms with Crippen molar-refractivity contribution in [3.63, 3.8) is 0 Å². The summed E-state index contributed by atoms with van der Waals surface area (Å²) in [4.78, 5) is 29.3. The van der Waals surface area contributed by atoms with Gasteiger partial charge in [0, 0.05) is 22.7 Å². The Hall–Kier alpha value is -14.6. The summed E-state index contributed by atoms with van der Waals surface area (Å²) in [7, 11) is 7.78. The summed E-state index contributed by atoms with van der Waals surface area (Å²) in [5, 5.41) is 18.8. The number of hydrogen-bond acceptors (Lipinski definition) is 12. The molecule has 16 nitrogen and oxygen atoms in total. The van der Waals surface area contributed by atoms with Crippen molar-refractivity contribution < 1.29 is 33.6 Å². The molecule has 16 aromatic rings. The number of carbonyl (C=O) groups excluding carboxylic acids is 1. The second-order valence-corrected chi connectivity index (χ2v) is 24.4. The van der Waals surface area contributed by atoms with Crippen molar-refractivity contribution in [1.29, 1.82) is 5.26 Å². The van der Waals surface area contributed by atoms with Gasteiger partial charge in [0.05, 0.1) is 90.8 Å². The van der Waals surface area contributed by atoms with E-state index in [1.165, 1.54) is 7.11 Å². The van der Waals surface area contributed by atoms with Gasteiger partial charge in [-0.2, -0.15) is 5.26 Å². The number of carbonyl (C=O) groups is 1. The van der Waals surface area contributed by atoms with Gasteiger partial charge in [0.2, 0.25) is 0 Å². The maximum Gasteiger partial charge on any atom is 0.337 e. The summed E-state index contributed by atoms with van der Waals surface area (Å²) in [6.07, 6.45) is 23.7. The molecule has 0 aliphatic carbocycles. The first kappa shape index (κ1) is 70.9. The minimum absolute atomic E-state index is 0.138. The Labute approximate surface area is 619 Å². The zero-order valence-corrected chi connectivity index (χ0v) is 59.3. The summed E-state index contributed by atoms with van der Waals surface area (Å²) in [5.74, 6) is 2.30. The smallest absolute Gasteiger partial charge is 0.337 e. The Bertz CT molecular complexity index is 5970. The molecule has 0 bridgehead atoms. The van der Waals surface area contributed by atoms with Crippen LogP contribution in [0.15, 0.2) is 298 Å². The highest BCUT2D eigenvalue weighted by molar-refractivity contribution is 5.90. The Morgan fingerprint density at radius 1 is 0.327 bits per heavy atom. The van der Waals surface area contributed by atoms with Gasteiger partial charge in [-0.3, -0.25) is 18.3 Å². The Morgan fingerprint density at radius 3 is 0.991 bits per heavy atom. The predicted octanol–water partition coefficient (Wildman–Crippen LogP) is 20.2. The van der Waals surface area contributed by atoms with E-state index in [-0.39, 0.29) is 11.7 Å². The van der Waals surface area contributed by atoms with Crippen LogP contribution in [-0.4, -0.2) is 84.8 Å². The first-order valence-electron chi connectivity index (χ1n) is 34.2. The quantitative estimate of drug-likeness (QED) is 0.0675. The molecule has 0 aliphatic rings. The molecule has 0 spiro atoms. The molecule has 0 radical (unpaired) electrons. The van der Waals surface area contributed by atoms with E-state index in [2.05, 4.69) is 166 Å². The molecule has 524 valence electrons. The van der Waals surface area contributed by atoms with Crippen LogP contribution in [0.2, 0.25) is 0 Å². The van der Waals surface area contributed by atoms with Crippen LogP contribution >= 0.6 is 0 Å². The van der Waals surface area contributed by atoms with Crippen LogP contribution in [0, 0.1) is 11.3 Å². The highest BCUT2D eigenvalue weighted by Gasteiger charge is 2.11. The first-order chi connectivity index (χ1) is 52.5. The fraction of sp³-hybridized carbons (Fsp3) is 0.0549. The van der Waals surface area contributed by atoms with Crippen LogP contribution in [-0.2, 0) is 4.74 Å². The second kappa shape index (κ2) is 33.9. The van der Waals surface area contributed by atoms with Crippen molar-refractivity contribution in [3.05, 3.63) is 354 Å². The van der Waals surface area contributed by atoms with Crippen LogP contribution < -0.4 is 18.9 Å². The van der Waals surface area contributed by atoms with Gasteiger partial charge in [0.25, 0.3) is 0 Å². The number of para-hydroxylation sites is 8. The monoisotopic (exact) mass is 1400 g/mol. The van der Waals surface area contributed by atoms with E-state index in [0.717, 1.165) is 123 Å². The van der Waals surface area contributed by atoms with Gasteiger partial charge >= 0.3 is 5.97 Å². The Balaban J connectivity index is 0.000000126. The predicted molar refractivity (Wildman–Crippen MR) is 430 cm³/mol. The zero-order chi connectivity index (χ0) is 73.9. The standard InChI is InChI=1S/C23H17N3O.C23H20N2O2.C23H18N2O2.C22H18N2O2/c1-27-23-14-18(11-12-19(23)15-24)10-9-17-5-4-6-20(13-17)26-16-25-21-7-2-3-8-22(21)26;1-26-22-13-12-18(15-23(22)27-2)11-10-17-6-5-7-19(14-17)25-16-24-20-8-3-4-9-21(20)25;1-27-23(26)19-13-11-17(12-14-19)9-10-18-5-4-6-20(15-18)25-16-24-21-7-2-3-8-22(21)25;1-26-22-14-17(11-12-21(22)25)10-9-16-5-4-6-18(13-16)24-15-23-19-7-2-3-8-20(19)24/h2-14,16H,1H3;3-16H,1-2H3;2-16H,1H3;2-15,25H,1H3/b10-9+;11-10+;2*10-9+. The molecule has 0 saturated heterocycles. The molecule has 0 unspecified atom stereocenters. The molecule has 0 atom stereocenters. The third-order valence-electron chi connectivity index (χ3n) is 17.6.